The minimum absolute atomic E-state index is 0.0463. The van der Waals surface area contributed by atoms with Gasteiger partial charge in [-0.05, 0) is 31.9 Å². The zero-order valence-corrected chi connectivity index (χ0v) is 20.1. The first kappa shape index (κ1) is 26.5. The van der Waals surface area contributed by atoms with E-state index < -0.39 is 38.1 Å². The first-order chi connectivity index (χ1) is 15.6. The van der Waals surface area contributed by atoms with Gasteiger partial charge < -0.3 is 14.8 Å². The smallest absolute Gasteiger partial charge is 0.467 e. The maximum absolute atomic E-state index is 13.3. The van der Waals surface area contributed by atoms with Gasteiger partial charge in [0.25, 0.3) is 0 Å². The van der Waals surface area contributed by atoms with E-state index in [9.17, 15) is 14.2 Å². The molecule has 9 nitrogen and oxygen atoms in total. The van der Waals surface area contributed by atoms with Crippen LogP contribution in [-0.2, 0) is 45.6 Å². The van der Waals surface area contributed by atoms with E-state index in [4.69, 9.17) is 23.0 Å². The van der Waals surface area contributed by atoms with Gasteiger partial charge in [0, 0.05) is 0 Å². The number of carbonyl (C=O) groups excluding carboxylic acids is 2. The average molecular weight is 479 g/mol. The van der Waals surface area contributed by atoms with E-state index in [1.807, 2.05) is 36.4 Å². The Hall–Kier alpha value is -2.71. The summed E-state index contributed by atoms with van der Waals surface area (Å²) in [6, 6.07) is 16.8. The molecule has 0 aliphatic carbocycles. The molecule has 10 heteroatoms. The van der Waals surface area contributed by atoms with E-state index in [-0.39, 0.29) is 13.2 Å². The summed E-state index contributed by atoms with van der Waals surface area (Å²) in [4.78, 5) is 24.3. The Morgan fingerprint density at radius 2 is 1.36 bits per heavy atom. The van der Waals surface area contributed by atoms with Crippen molar-refractivity contribution in [3.05, 3.63) is 71.8 Å². The van der Waals surface area contributed by atoms with Crippen LogP contribution in [0, 0.1) is 0 Å². The van der Waals surface area contributed by atoms with Crippen LogP contribution in [0.5, 0.6) is 0 Å². The second-order valence-electron chi connectivity index (χ2n) is 7.98. The molecule has 0 fully saturated rings. The highest BCUT2D eigenvalue weighted by Crippen LogP contribution is 2.51. The SMILES string of the molecule is COC(=O)[C@H](COP(=O)(OCc1ccccc1)OCc1ccccc1)NC(=O)OC(C)(C)C. The maximum atomic E-state index is 13.3. The number of hydrogen-bond donors (Lipinski definition) is 1. The molecular weight excluding hydrogens is 449 g/mol. The van der Waals surface area contributed by atoms with Crippen molar-refractivity contribution in [1.29, 1.82) is 0 Å². The molecule has 1 atom stereocenters. The van der Waals surface area contributed by atoms with Gasteiger partial charge in [-0.25, -0.2) is 14.2 Å². The van der Waals surface area contributed by atoms with Crippen molar-refractivity contribution in [3.8, 4) is 0 Å². The normalized spacial score (nSPS) is 12.6. The van der Waals surface area contributed by atoms with Gasteiger partial charge in [0.15, 0.2) is 6.04 Å². The number of phosphoric acid groups is 1. The lowest BCUT2D eigenvalue weighted by Gasteiger charge is -2.24. The maximum Gasteiger partial charge on any atom is 0.475 e. The summed E-state index contributed by atoms with van der Waals surface area (Å²) in [6.45, 7) is 4.43. The largest absolute Gasteiger partial charge is 0.475 e. The van der Waals surface area contributed by atoms with Gasteiger partial charge in [-0.15, -0.1) is 0 Å². The van der Waals surface area contributed by atoms with E-state index in [1.54, 1.807) is 45.0 Å². The Morgan fingerprint density at radius 3 is 1.79 bits per heavy atom. The van der Waals surface area contributed by atoms with Crippen LogP contribution in [0.1, 0.15) is 31.9 Å². The molecule has 0 aliphatic rings. The molecule has 1 N–H and O–H groups in total. The number of esters is 1. The third kappa shape index (κ3) is 10.2. The lowest BCUT2D eigenvalue weighted by molar-refractivity contribution is -0.144. The van der Waals surface area contributed by atoms with E-state index in [0.717, 1.165) is 18.2 Å². The van der Waals surface area contributed by atoms with Crippen LogP contribution in [0.15, 0.2) is 60.7 Å². The summed E-state index contributed by atoms with van der Waals surface area (Å²) in [5.41, 5.74) is 0.723. The van der Waals surface area contributed by atoms with Crippen LogP contribution in [0.4, 0.5) is 4.79 Å². The summed E-state index contributed by atoms with van der Waals surface area (Å²) in [7, 11) is -2.98. The standard InChI is InChI=1S/C23H30NO8P/c1-23(2,3)32-22(26)24-20(21(25)28-4)17-31-33(27,29-15-18-11-7-5-8-12-18)30-16-19-13-9-6-10-14-19/h5-14,20H,15-17H2,1-4H3,(H,24,26)/t20-/m0/s1. The molecule has 0 saturated heterocycles. The molecular formula is C23H30NO8P. The number of rotatable bonds is 11. The van der Waals surface area contributed by atoms with E-state index in [1.165, 1.54) is 0 Å². The van der Waals surface area contributed by atoms with Crippen molar-refractivity contribution in [3.63, 3.8) is 0 Å². The van der Waals surface area contributed by atoms with Gasteiger partial charge >= 0.3 is 19.9 Å². The van der Waals surface area contributed by atoms with Gasteiger partial charge in [0.1, 0.15) is 5.60 Å². The minimum Gasteiger partial charge on any atom is -0.467 e. The molecule has 0 bridgehead atoms. The Labute approximate surface area is 193 Å². The van der Waals surface area contributed by atoms with Crippen LogP contribution in [0.2, 0.25) is 0 Å². The third-order valence-electron chi connectivity index (χ3n) is 4.04. The van der Waals surface area contributed by atoms with Gasteiger partial charge in [0.2, 0.25) is 0 Å². The van der Waals surface area contributed by atoms with Gasteiger partial charge in [-0.3, -0.25) is 13.6 Å². The highest BCUT2D eigenvalue weighted by atomic mass is 31.2. The Bertz CT molecular complexity index is 883. The number of nitrogens with one attached hydrogen (secondary N) is 1. The predicted molar refractivity (Wildman–Crippen MR) is 121 cm³/mol. The topological polar surface area (TPSA) is 109 Å². The Morgan fingerprint density at radius 1 is 0.879 bits per heavy atom. The van der Waals surface area contributed by atoms with E-state index in [0.29, 0.717) is 0 Å². The summed E-state index contributed by atoms with van der Waals surface area (Å²) in [5.74, 6) is -0.807. The molecule has 0 heterocycles. The number of hydrogen-bond acceptors (Lipinski definition) is 8. The van der Waals surface area contributed by atoms with E-state index >= 15 is 0 Å². The van der Waals surface area contributed by atoms with Crippen molar-refractivity contribution < 1.29 is 37.2 Å². The summed E-state index contributed by atoms with van der Waals surface area (Å²) >= 11 is 0. The van der Waals surface area contributed by atoms with Crippen molar-refractivity contribution in [2.24, 2.45) is 0 Å². The molecule has 0 aromatic heterocycles. The lowest BCUT2D eigenvalue weighted by atomic mass is 10.2. The summed E-state index contributed by atoms with van der Waals surface area (Å²) < 4.78 is 39.6. The number of phosphoric ester groups is 1. The fourth-order valence-electron chi connectivity index (χ4n) is 2.49. The van der Waals surface area contributed by atoms with Gasteiger partial charge in [-0.1, -0.05) is 60.7 Å². The van der Waals surface area contributed by atoms with Crippen LogP contribution in [0.25, 0.3) is 0 Å². The number of amides is 1. The molecule has 2 rings (SSSR count). The molecule has 0 unspecified atom stereocenters. The molecule has 1 amide bonds. The number of alkyl carbamates (subject to hydrolysis) is 1. The van der Waals surface area contributed by atoms with Crippen molar-refractivity contribution in [2.75, 3.05) is 13.7 Å². The number of carbonyl (C=O) groups is 2. The van der Waals surface area contributed by atoms with Crippen LogP contribution in [0.3, 0.4) is 0 Å². The minimum atomic E-state index is -4.14. The Balaban J connectivity index is 2.09. The summed E-state index contributed by atoms with van der Waals surface area (Å²) in [5, 5.41) is 2.35. The first-order valence-corrected chi connectivity index (χ1v) is 11.7. The predicted octanol–water partition coefficient (Wildman–Crippen LogP) is 4.61. The average Bonchev–Trinajstić information content (AvgIpc) is 2.79. The quantitative estimate of drug-likeness (QED) is 0.368. The molecule has 33 heavy (non-hydrogen) atoms. The highest BCUT2D eigenvalue weighted by molar-refractivity contribution is 7.48. The van der Waals surface area contributed by atoms with Crippen molar-refractivity contribution >= 4 is 19.9 Å². The molecule has 2 aromatic carbocycles. The third-order valence-corrected chi connectivity index (χ3v) is 5.40. The van der Waals surface area contributed by atoms with Crippen LogP contribution < -0.4 is 5.32 Å². The van der Waals surface area contributed by atoms with Crippen molar-refractivity contribution in [1.82, 2.24) is 5.32 Å². The number of benzene rings is 2. The summed E-state index contributed by atoms with van der Waals surface area (Å²) in [6.07, 6.45) is -0.855. The first-order valence-electron chi connectivity index (χ1n) is 10.3. The van der Waals surface area contributed by atoms with Crippen molar-refractivity contribution in [2.45, 2.75) is 45.6 Å². The van der Waals surface area contributed by atoms with Gasteiger partial charge in [0.05, 0.1) is 26.9 Å². The molecule has 180 valence electrons. The number of ether oxygens (including phenoxy) is 2. The molecule has 0 spiro atoms. The molecule has 0 radical (unpaired) electrons. The van der Waals surface area contributed by atoms with Crippen LogP contribution >= 0.6 is 7.82 Å². The van der Waals surface area contributed by atoms with Crippen LogP contribution in [-0.4, -0.2) is 37.4 Å². The zero-order valence-electron chi connectivity index (χ0n) is 19.2. The molecule has 2 aromatic rings. The Kier molecular flexibility index (Phi) is 10.1. The van der Waals surface area contributed by atoms with E-state index in [2.05, 4.69) is 5.32 Å². The molecule has 0 aliphatic heterocycles. The highest BCUT2D eigenvalue weighted by Gasteiger charge is 2.32. The zero-order chi connectivity index (χ0) is 24.3. The van der Waals surface area contributed by atoms with Gasteiger partial charge in [-0.2, -0.15) is 0 Å². The fraction of sp³-hybridized carbons (Fsp3) is 0.391. The fourth-order valence-corrected chi connectivity index (χ4v) is 3.66. The monoisotopic (exact) mass is 479 g/mol. The number of methoxy groups -OCH3 is 1. The second-order valence-corrected chi connectivity index (χ2v) is 9.65. The molecule has 0 saturated carbocycles. The second kappa shape index (κ2) is 12.5. The lowest BCUT2D eigenvalue weighted by Crippen LogP contribution is -2.46.